The molecular formula is C16H35IN4O. The first-order valence-electron chi connectivity index (χ1n) is 8.38. The standard InChI is InChI=1S/C16H34N4O.HI/c1-6-17-16(19-13(2)12-21-5)18-11-15(4)20-10-8-7-9-14(20)3;/h13-15H,6-12H2,1-5H3,(H2,17,18,19);1H. The van der Waals surface area contributed by atoms with Crippen LogP contribution < -0.4 is 10.6 Å². The highest BCUT2D eigenvalue weighted by Crippen LogP contribution is 2.19. The maximum Gasteiger partial charge on any atom is 0.191 e. The molecule has 0 aromatic carbocycles. The number of halogens is 1. The van der Waals surface area contributed by atoms with Gasteiger partial charge in [-0.05, 0) is 47.1 Å². The molecular weight excluding hydrogens is 391 g/mol. The molecule has 1 rings (SSSR count). The second kappa shape index (κ2) is 12.4. The van der Waals surface area contributed by atoms with Gasteiger partial charge in [-0.2, -0.15) is 0 Å². The molecule has 0 radical (unpaired) electrons. The Kier molecular flexibility index (Phi) is 12.3. The molecule has 3 unspecified atom stereocenters. The molecule has 3 atom stereocenters. The number of nitrogens with zero attached hydrogens (tertiary/aromatic N) is 2. The van der Waals surface area contributed by atoms with Crippen LogP contribution in [0.2, 0.25) is 0 Å². The van der Waals surface area contributed by atoms with Crippen LogP contribution in [-0.2, 0) is 4.74 Å². The minimum atomic E-state index is 0. The van der Waals surface area contributed by atoms with E-state index in [1.807, 2.05) is 0 Å². The Labute approximate surface area is 153 Å². The quantitative estimate of drug-likeness (QED) is 0.373. The van der Waals surface area contributed by atoms with Crippen molar-refractivity contribution in [1.82, 2.24) is 15.5 Å². The number of ether oxygens (including phenoxy) is 1. The maximum atomic E-state index is 5.16. The average Bonchev–Trinajstić information content (AvgIpc) is 2.45. The number of methoxy groups -OCH3 is 1. The number of nitrogens with one attached hydrogen (secondary N) is 2. The molecule has 0 aromatic rings. The zero-order chi connectivity index (χ0) is 15.7. The summed E-state index contributed by atoms with van der Waals surface area (Å²) in [4.78, 5) is 7.33. The molecule has 0 aliphatic carbocycles. The Balaban J connectivity index is 0.00000441. The Bertz CT molecular complexity index is 315. The van der Waals surface area contributed by atoms with Crippen molar-refractivity contribution in [3.05, 3.63) is 0 Å². The summed E-state index contributed by atoms with van der Waals surface area (Å²) in [5, 5.41) is 6.69. The average molecular weight is 426 g/mol. The van der Waals surface area contributed by atoms with Crippen molar-refractivity contribution >= 4 is 29.9 Å². The normalized spacial score (nSPS) is 22.6. The first kappa shape index (κ1) is 21.9. The minimum Gasteiger partial charge on any atom is -0.383 e. The SMILES string of the molecule is CCNC(=NCC(C)N1CCCCC1C)NC(C)COC.I. The van der Waals surface area contributed by atoms with Gasteiger partial charge in [0.2, 0.25) is 0 Å². The van der Waals surface area contributed by atoms with Crippen molar-refractivity contribution in [3.63, 3.8) is 0 Å². The predicted octanol–water partition coefficient (Wildman–Crippen LogP) is 2.46. The topological polar surface area (TPSA) is 48.9 Å². The highest BCUT2D eigenvalue weighted by Gasteiger charge is 2.22. The van der Waals surface area contributed by atoms with Crippen LogP contribution in [-0.4, -0.2) is 62.3 Å². The van der Waals surface area contributed by atoms with Crippen LogP contribution in [0.4, 0.5) is 0 Å². The second-order valence-electron chi connectivity index (χ2n) is 6.15. The number of rotatable bonds is 7. The Morgan fingerprint density at radius 1 is 1.36 bits per heavy atom. The number of hydrogen-bond acceptors (Lipinski definition) is 3. The van der Waals surface area contributed by atoms with Gasteiger partial charge in [0.1, 0.15) is 0 Å². The highest BCUT2D eigenvalue weighted by atomic mass is 127. The number of likely N-dealkylation sites (tertiary alicyclic amines) is 1. The van der Waals surface area contributed by atoms with Gasteiger partial charge < -0.3 is 15.4 Å². The number of guanidine groups is 1. The van der Waals surface area contributed by atoms with Crippen LogP contribution in [0.1, 0.15) is 47.0 Å². The van der Waals surface area contributed by atoms with Gasteiger partial charge >= 0.3 is 0 Å². The van der Waals surface area contributed by atoms with Gasteiger partial charge in [0.25, 0.3) is 0 Å². The van der Waals surface area contributed by atoms with Gasteiger partial charge in [0, 0.05) is 31.8 Å². The van der Waals surface area contributed by atoms with Gasteiger partial charge in [-0.3, -0.25) is 9.89 Å². The largest absolute Gasteiger partial charge is 0.383 e. The summed E-state index contributed by atoms with van der Waals surface area (Å²) in [5.74, 6) is 0.888. The summed E-state index contributed by atoms with van der Waals surface area (Å²) in [6.07, 6.45) is 4.01. The smallest absolute Gasteiger partial charge is 0.191 e. The van der Waals surface area contributed by atoms with E-state index in [2.05, 4.69) is 43.2 Å². The van der Waals surface area contributed by atoms with Crippen LogP contribution in [0.3, 0.4) is 0 Å². The molecule has 2 N–H and O–H groups in total. The molecule has 1 heterocycles. The molecule has 1 fully saturated rings. The Morgan fingerprint density at radius 3 is 2.68 bits per heavy atom. The third-order valence-corrected chi connectivity index (χ3v) is 4.08. The molecule has 6 heteroatoms. The van der Waals surface area contributed by atoms with E-state index in [1.54, 1.807) is 7.11 Å². The van der Waals surface area contributed by atoms with Crippen LogP contribution in [0, 0.1) is 0 Å². The van der Waals surface area contributed by atoms with Crippen molar-refractivity contribution in [1.29, 1.82) is 0 Å². The van der Waals surface area contributed by atoms with E-state index in [0.29, 0.717) is 18.7 Å². The first-order chi connectivity index (χ1) is 10.1. The minimum absolute atomic E-state index is 0. The summed E-state index contributed by atoms with van der Waals surface area (Å²) in [5.41, 5.74) is 0. The molecule has 1 aliphatic rings. The molecule has 0 spiro atoms. The van der Waals surface area contributed by atoms with E-state index in [9.17, 15) is 0 Å². The predicted molar refractivity (Wildman–Crippen MR) is 105 cm³/mol. The van der Waals surface area contributed by atoms with E-state index in [4.69, 9.17) is 9.73 Å². The van der Waals surface area contributed by atoms with Crippen molar-refractivity contribution in [2.24, 2.45) is 4.99 Å². The van der Waals surface area contributed by atoms with Crippen molar-refractivity contribution in [2.45, 2.75) is 65.1 Å². The second-order valence-corrected chi connectivity index (χ2v) is 6.15. The number of aliphatic imine (C=N–C) groups is 1. The zero-order valence-electron chi connectivity index (χ0n) is 14.9. The summed E-state index contributed by atoms with van der Waals surface area (Å²) in [6, 6.07) is 1.44. The third kappa shape index (κ3) is 7.97. The van der Waals surface area contributed by atoms with Gasteiger partial charge in [-0.1, -0.05) is 6.42 Å². The molecule has 1 aliphatic heterocycles. The van der Waals surface area contributed by atoms with Gasteiger partial charge in [-0.25, -0.2) is 0 Å². The lowest BCUT2D eigenvalue weighted by Gasteiger charge is -2.37. The molecule has 0 saturated carbocycles. The lowest BCUT2D eigenvalue weighted by atomic mass is 10.0. The molecule has 1 saturated heterocycles. The molecule has 132 valence electrons. The molecule has 0 amide bonds. The first-order valence-corrected chi connectivity index (χ1v) is 8.38. The molecule has 5 nitrogen and oxygen atoms in total. The van der Waals surface area contributed by atoms with Crippen LogP contribution in [0.25, 0.3) is 0 Å². The van der Waals surface area contributed by atoms with E-state index in [1.165, 1.54) is 25.8 Å². The van der Waals surface area contributed by atoms with Crippen LogP contribution in [0.15, 0.2) is 4.99 Å². The van der Waals surface area contributed by atoms with Crippen molar-refractivity contribution in [2.75, 3.05) is 33.4 Å². The fourth-order valence-electron chi connectivity index (χ4n) is 2.95. The fourth-order valence-corrected chi connectivity index (χ4v) is 2.95. The van der Waals surface area contributed by atoms with E-state index < -0.39 is 0 Å². The maximum absolute atomic E-state index is 5.16. The van der Waals surface area contributed by atoms with E-state index in [-0.39, 0.29) is 30.0 Å². The summed E-state index contributed by atoms with van der Waals surface area (Å²) in [6.45, 7) is 12.4. The lowest BCUT2D eigenvalue weighted by molar-refractivity contribution is 0.118. The fraction of sp³-hybridized carbons (Fsp3) is 0.938. The zero-order valence-corrected chi connectivity index (χ0v) is 17.2. The van der Waals surface area contributed by atoms with E-state index in [0.717, 1.165) is 19.0 Å². The summed E-state index contributed by atoms with van der Waals surface area (Å²) < 4.78 is 5.16. The van der Waals surface area contributed by atoms with Crippen molar-refractivity contribution < 1.29 is 4.74 Å². The summed E-state index contributed by atoms with van der Waals surface area (Å²) >= 11 is 0. The number of piperidine rings is 1. The molecule has 22 heavy (non-hydrogen) atoms. The Morgan fingerprint density at radius 2 is 2.09 bits per heavy atom. The van der Waals surface area contributed by atoms with E-state index >= 15 is 0 Å². The number of hydrogen-bond donors (Lipinski definition) is 2. The molecule has 0 bridgehead atoms. The third-order valence-electron chi connectivity index (χ3n) is 4.08. The molecule has 0 aromatic heterocycles. The van der Waals surface area contributed by atoms with Gasteiger partial charge in [0.05, 0.1) is 13.2 Å². The van der Waals surface area contributed by atoms with Crippen LogP contribution >= 0.6 is 24.0 Å². The lowest BCUT2D eigenvalue weighted by Crippen LogP contribution is -2.47. The monoisotopic (exact) mass is 426 g/mol. The van der Waals surface area contributed by atoms with Gasteiger partial charge in [-0.15, -0.1) is 24.0 Å². The Hall–Kier alpha value is -0.0800. The van der Waals surface area contributed by atoms with Crippen molar-refractivity contribution in [3.8, 4) is 0 Å². The highest BCUT2D eigenvalue weighted by molar-refractivity contribution is 14.0. The summed E-state index contributed by atoms with van der Waals surface area (Å²) in [7, 11) is 1.72. The van der Waals surface area contributed by atoms with Crippen LogP contribution in [0.5, 0.6) is 0 Å². The van der Waals surface area contributed by atoms with Gasteiger partial charge in [0.15, 0.2) is 5.96 Å².